The zero-order valence-corrected chi connectivity index (χ0v) is 13.8. The minimum absolute atomic E-state index is 0.0349. The van der Waals surface area contributed by atoms with E-state index in [1.807, 2.05) is 13.8 Å². The van der Waals surface area contributed by atoms with Crippen molar-refractivity contribution in [3.63, 3.8) is 0 Å². The Kier molecular flexibility index (Phi) is 4.01. The van der Waals surface area contributed by atoms with Gasteiger partial charge in [-0.2, -0.15) is 0 Å². The first-order valence-electron chi connectivity index (χ1n) is 7.61. The minimum Gasteiger partial charge on any atom is -0.490 e. The van der Waals surface area contributed by atoms with E-state index in [1.54, 1.807) is 36.2 Å². The van der Waals surface area contributed by atoms with Crippen LogP contribution >= 0.6 is 0 Å². The van der Waals surface area contributed by atoms with Crippen molar-refractivity contribution in [2.75, 3.05) is 23.9 Å². The fourth-order valence-corrected chi connectivity index (χ4v) is 2.56. The molecule has 0 fully saturated rings. The summed E-state index contributed by atoms with van der Waals surface area (Å²) in [5.74, 6) is 0.367. The molecule has 1 aromatic heterocycles. The molecule has 0 spiro atoms. The fourth-order valence-electron chi connectivity index (χ4n) is 2.56. The molecule has 2 heterocycles. The molecule has 7 heteroatoms. The molecule has 0 radical (unpaired) electrons. The Labute approximate surface area is 139 Å². The molecule has 1 aliphatic heterocycles. The van der Waals surface area contributed by atoms with Gasteiger partial charge in [0.2, 0.25) is 11.8 Å². The van der Waals surface area contributed by atoms with Crippen molar-refractivity contribution >= 4 is 23.2 Å². The largest absolute Gasteiger partial charge is 0.490 e. The van der Waals surface area contributed by atoms with E-state index in [2.05, 4.69) is 10.5 Å². The van der Waals surface area contributed by atoms with Crippen molar-refractivity contribution in [1.29, 1.82) is 0 Å². The predicted molar refractivity (Wildman–Crippen MR) is 88.0 cm³/mol. The Hall–Kier alpha value is -2.83. The number of carbonyl (C=O) groups excluding carboxylic acids is 2. The highest BCUT2D eigenvalue weighted by Crippen LogP contribution is 2.37. The number of nitrogens with one attached hydrogen (secondary N) is 1. The van der Waals surface area contributed by atoms with Crippen molar-refractivity contribution in [1.82, 2.24) is 5.16 Å². The van der Waals surface area contributed by atoms with Gasteiger partial charge in [0.05, 0.1) is 23.2 Å². The molecule has 0 saturated heterocycles. The van der Waals surface area contributed by atoms with Crippen molar-refractivity contribution in [3.05, 3.63) is 36.2 Å². The van der Waals surface area contributed by atoms with Gasteiger partial charge in [0, 0.05) is 18.8 Å². The smallest absolute Gasteiger partial charge is 0.235 e. The summed E-state index contributed by atoms with van der Waals surface area (Å²) in [4.78, 5) is 26.1. The summed E-state index contributed by atoms with van der Waals surface area (Å²) in [5.41, 5.74) is 1.17. The average molecular weight is 329 g/mol. The van der Waals surface area contributed by atoms with Gasteiger partial charge in [-0.25, -0.2) is 0 Å². The van der Waals surface area contributed by atoms with Crippen LogP contribution in [-0.4, -0.2) is 30.6 Å². The number of ether oxygens (including phenoxy) is 1. The van der Waals surface area contributed by atoms with Crippen LogP contribution in [0.3, 0.4) is 0 Å². The predicted octanol–water partition coefficient (Wildman–Crippen LogP) is 2.24. The maximum Gasteiger partial charge on any atom is 0.235 e. The first-order chi connectivity index (χ1) is 11.4. The number of rotatable bonds is 3. The lowest BCUT2D eigenvalue weighted by atomic mass is 9.93. The van der Waals surface area contributed by atoms with E-state index in [9.17, 15) is 9.59 Å². The molecule has 3 rings (SSSR count). The van der Waals surface area contributed by atoms with Crippen LogP contribution in [0.1, 0.15) is 19.5 Å². The molecular weight excluding hydrogens is 310 g/mol. The Morgan fingerprint density at radius 3 is 2.88 bits per heavy atom. The second-order valence-electron chi connectivity index (χ2n) is 6.43. The number of hydrogen-bond acceptors (Lipinski definition) is 5. The summed E-state index contributed by atoms with van der Waals surface area (Å²) in [6.45, 7) is 4.00. The highest BCUT2D eigenvalue weighted by atomic mass is 16.5. The topological polar surface area (TPSA) is 84.7 Å². The van der Waals surface area contributed by atoms with Gasteiger partial charge in [0.1, 0.15) is 18.6 Å². The zero-order valence-electron chi connectivity index (χ0n) is 13.8. The zero-order chi connectivity index (χ0) is 17.3. The van der Waals surface area contributed by atoms with E-state index in [0.29, 0.717) is 29.4 Å². The normalized spacial score (nSPS) is 16.1. The molecule has 1 aromatic carbocycles. The van der Waals surface area contributed by atoms with Gasteiger partial charge < -0.3 is 19.5 Å². The number of aromatic nitrogens is 1. The molecule has 24 heavy (non-hydrogen) atoms. The van der Waals surface area contributed by atoms with E-state index < -0.39 is 5.41 Å². The van der Waals surface area contributed by atoms with Crippen molar-refractivity contribution in [2.45, 2.75) is 20.3 Å². The molecule has 126 valence electrons. The summed E-state index contributed by atoms with van der Waals surface area (Å²) in [5, 5.41) is 6.50. The Morgan fingerprint density at radius 1 is 1.38 bits per heavy atom. The third-order valence-corrected chi connectivity index (χ3v) is 3.91. The van der Waals surface area contributed by atoms with Crippen LogP contribution in [0.2, 0.25) is 0 Å². The maximum atomic E-state index is 12.5. The SMILES string of the molecule is CN1C(=O)C(C)(C)COc2ccc(NC(=O)Cc3ccon3)cc21. The van der Waals surface area contributed by atoms with Crippen LogP contribution < -0.4 is 15.0 Å². The number of hydrogen-bond donors (Lipinski definition) is 1. The van der Waals surface area contributed by atoms with Gasteiger partial charge >= 0.3 is 0 Å². The van der Waals surface area contributed by atoms with Crippen LogP contribution in [0, 0.1) is 5.41 Å². The van der Waals surface area contributed by atoms with E-state index in [1.165, 1.54) is 6.26 Å². The monoisotopic (exact) mass is 329 g/mol. The quantitative estimate of drug-likeness (QED) is 0.933. The van der Waals surface area contributed by atoms with Crippen molar-refractivity contribution < 1.29 is 18.8 Å². The van der Waals surface area contributed by atoms with Gasteiger partial charge in [-0.05, 0) is 32.0 Å². The highest BCUT2D eigenvalue weighted by molar-refractivity contribution is 6.00. The van der Waals surface area contributed by atoms with Crippen LogP contribution in [0.15, 0.2) is 35.1 Å². The van der Waals surface area contributed by atoms with E-state index in [4.69, 9.17) is 9.26 Å². The Balaban J connectivity index is 1.80. The number of carbonyl (C=O) groups is 2. The third-order valence-electron chi connectivity index (χ3n) is 3.91. The second-order valence-corrected chi connectivity index (χ2v) is 6.43. The molecular formula is C17H19N3O4. The van der Waals surface area contributed by atoms with Crippen molar-refractivity contribution in [2.24, 2.45) is 5.41 Å². The summed E-state index contributed by atoms with van der Waals surface area (Å²) in [6, 6.07) is 6.87. The number of fused-ring (bicyclic) bond motifs is 1. The summed E-state index contributed by atoms with van der Waals surface area (Å²) < 4.78 is 10.5. The molecule has 1 aliphatic rings. The Bertz CT molecular complexity index is 768. The molecule has 0 atom stereocenters. The standard InChI is InChI=1S/C17H19N3O4/c1-17(2)10-23-14-5-4-11(8-13(14)20(3)16(17)22)18-15(21)9-12-6-7-24-19-12/h4-8H,9-10H2,1-3H3,(H,18,21). The second kappa shape index (κ2) is 5.99. The van der Waals surface area contributed by atoms with Gasteiger partial charge in [0.15, 0.2) is 0 Å². The summed E-state index contributed by atoms with van der Waals surface area (Å²) >= 11 is 0. The molecule has 0 unspecified atom stereocenters. The summed E-state index contributed by atoms with van der Waals surface area (Å²) in [6.07, 6.45) is 1.54. The number of nitrogens with zero attached hydrogens (tertiary/aromatic N) is 2. The van der Waals surface area contributed by atoms with E-state index in [0.717, 1.165) is 0 Å². The van der Waals surface area contributed by atoms with Gasteiger partial charge in [-0.15, -0.1) is 0 Å². The minimum atomic E-state index is -0.607. The summed E-state index contributed by atoms with van der Waals surface area (Å²) in [7, 11) is 1.71. The number of benzene rings is 1. The molecule has 0 bridgehead atoms. The lowest BCUT2D eigenvalue weighted by molar-refractivity contribution is -0.127. The molecule has 0 aliphatic carbocycles. The lowest BCUT2D eigenvalue weighted by Gasteiger charge is -2.24. The molecule has 2 aromatic rings. The van der Waals surface area contributed by atoms with Gasteiger partial charge in [0.25, 0.3) is 0 Å². The molecule has 1 N–H and O–H groups in total. The maximum absolute atomic E-state index is 12.5. The van der Waals surface area contributed by atoms with E-state index in [-0.39, 0.29) is 18.2 Å². The van der Waals surface area contributed by atoms with Crippen LogP contribution in [0.25, 0.3) is 0 Å². The lowest BCUT2D eigenvalue weighted by Crippen LogP contribution is -2.39. The van der Waals surface area contributed by atoms with Crippen LogP contribution in [0.4, 0.5) is 11.4 Å². The third kappa shape index (κ3) is 3.10. The Morgan fingerprint density at radius 2 is 2.17 bits per heavy atom. The first-order valence-corrected chi connectivity index (χ1v) is 7.61. The molecule has 2 amide bonds. The van der Waals surface area contributed by atoms with Crippen molar-refractivity contribution in [3.8, 4) is 5.75 Å². The first kappa shape index (κ1) is 16.0. The fraction of sp³-hybridized carbons (Fsp3) is 0.353. The van der Waals surface area contributed by atoms with Crippen LogP contribution in [0.5, 0.6) is 5.75 Å². The molecule has 0 saturated carbocycles. The van der Waals surface area contributed by atoms with Gasteiger partial charge in [-0.1, -0.05) is 5.16 Å². The highest BCUT2D eigenvalue weighted by Gasteiger charge is 2.36. The number of anilines is 2. The average Bonchev–Trinajstić information content (AvgIpc) is 3.02. The van der Waals surface area contributed by atoms with Crippen LogP contribution in [-0.2, 0) is 16.0 Å². The van der Waals surface area contributed by atoms with Gasteiger partial charge in [-0.3, -0.25) is 9.59 Å². The van der Waals surface area contributed by atoms with E-state index >= 15 is 0 Å². The molecule has 7 nitrogen and oxygen atoms in total. The number of amides is 2.